The van der Waals surface area contributed by atoms with Gasteiger partial charge in [0, 0.05) is 30.7 Å². The average molecular weight is 581 g/mol. The number of rotatable bonds is 7. The molecule has 0 spiro atoms. The lowest BCUT2D eigenvalue weighted by molar-refractivity contribution is -0.137. The molecular weight excluding hydrogens is 561 g/mol. The van der Waals surface area contributed by atoms with Crippen LogP contribution in [0.1, 0.15) is 45.1 Å². The normalized spacial score (nSPS) is 13.5. The molecule has 11 heteroatoms. The molecule has 0 saturated carbocycles. The van der Waals surface area contributed by atoms with Gasteiger partial charge in [-0.1, -0.05) is 48.0 Å². The zero-order valence-electron chi connectivity index (χ0n) is 20.7. The highest BCUT2D eigenvalue weighted by Crippen LogP contribution is 2.39. The van der Waals surface area contributed by atoms with E-state index in [2.05, 4.69) is 10.3 Å². The largest absolute Gasteiger partial charge is 0.416 e. The topological polar surface area (TPSA) is 42.0 Å². The average Bonchev–Trinajstić information content (AvgIpc) is 2.87. The van der Waals surface area contributed by atoms with E-state index in [4.69, 9.17) is 11.6 Å². The number of aromatic nitrogens is 1. The van der Waals surface area contributed by atoms with Gasteiger partial charge in [-0.15, -0.1) is 0 Å². The molecule has 0 saturated heterocycles. The van der Waals surface area contributed by atoms with E-state index in [1.54, 1.807) is 30.3 Å². The van der Waals surface area contributed by atoms with Crippen LogP contribution in [0, 0.1) is 11.6 Å². The summed E-state index contributed by atoms with van der Waals surface area (Å²) in [5.41, 5.74) is -4.18. The molecule has 4 rings (SSSR count). The minimum Gasteiger partial charge on any atom is -0.338 e. The van der Waals surface area contributed by atoms with Crippen LogP contribution in [0.2, 0.25) is 5.15 Å². The molecule has 1 atom stereocenters. The summed E-state index contributed by atoms with van der Waals surface area (Å²) in [5, 5.41) is 2.67. The first-order valence-corrected chi connectivity index (χ1v) is 12.1. The number of carbonyl (C=O) groups is 1. The van der Waals surface area contributed by atoms with Crippen molar-refractivity contribution in [3.05, 3.63) is 135 Å². The summed E-state index contributed by atoms with van der Waals surface area (Å²) in [7, 11) is 0. The summed E-state index contributed by atoms with van der Waals surface area (Å²) < 4.78 is 97.9. The molecule has 4 aromatic rings. The molecule has 1 aromatic heterocycles. The van der Waals surface area contributed by atoms with E-state index in [-0.39, 0.29) is 22.7 Å². The van der Waals surface area contributed by atoms with Gasteiger partial charge in [0.15, 0.2) is 0 Å². The maximum atomic E-state index is 14.7. The molecule has 0 aliphatic heterocycles. The Balaban J connectivity index is 1.95. The lowest BCUT2D eigenvalue weighted by Crippen LogP contribution is -2.49. The van der Waals surface area contributed by atoms with Crippen LogP contribution in [0.4, 0.5) is 30.7 Å². The van der Waals surface area contributed by atoms with Crippen molar-refractivity contribution >= 4 is 17.5 Å². The van der Waals surface area contributed by atoms with Crippen molar-refractivity contribution in [2.75, 3.05) is 0 Å². The smallest absolute Gasteiger partial charge is 0.338 e. The summed E-state index contributed by atoms with van der Waals surface area (Å²) in [6.45, 7) is 0.492. The standard InChI is InChI=1S/C29H20ClF7N2O/c1-27(33,34)23-9-7-18(11-24(23)32)26(40)39-28(15-17-5-3-2-4-6-17,19-8-10-25(30)38-16-19)20-12-21(29(35,36)37)14-22(31)13-20/h2-14,16H,15H2,1H3,(H,39,40). The third-order valence-corrected chi connectivity index (χ3v) is 6.50. The van der Waals surface area contributed by atoms with Crippen LogP contribution in [0.15, 0.2) is 85.1 Å². The van der Waals surface area contributed by atoms with Crippen molar-refractivity contribution < 1.29 is 35.5 Å². The molecular formula is C29H20ClF7N2O. The molecule has 3 nitrogen and oxygen atoms in total. The summed E-state index contributed by atoms with van der Waals surface area (Å²) in [4.78, 5) is 17.5. The Morgan fingerprint density at radius 1 is 0.850 bits per heavy atom. The van der Waals surface area contributed by atoms with Crippen molar-refractivity contribution in [2.45, 2.75) is 31.0 Å². The Labute approximate surface area is 229 Å². The summed E-state index contributed by atoms with van der Waals surface area (Å²) in [6, 6.07) is 15.2. The maximum absolute atomic E-state index is 14.7. The fourth-order valence-corrected chi connectivity index (χ4v) is 4.48. The van der Waals surface area contributed by atoms with Gasteiger partial charge in [0.25, 0.3) is 11.8 Å². The number of carbonyl (C=O) groups excluding carboxylic acids is 1. The van der Waals surface area contributed by atoms with Crippen LogP contribution in [-0.4, -0.2) is 10.9 Å². The molecule has 0 radical (unpaired) electrons. The van der Waals surface area contributed by atoms with Crippen LogP contribution < -0.4 is 5.32 Å². The molecule has 0 bridgehead atoms. The first kappa shape index (κ1) is 29.1. The van der Waals surface area contributed by atoms with E-state index >= 15 is 0 Å². The van der Waals surface area contributed by atoms with Gasteiger partial charge >= 0.3 is 6.18 Å². The van der Waals surface area contributed by atoms with Gasteiger partial charge in [-0.2, -0.15) is 13.2 Å². The second-order valence-corrected chi connectivity index (χ2v) is 9.59. The second kappa shape index (κ2) is 10.9. The molecule has 1 N–H and O–H groups in total. The van der Waals surface area contributed by atoms with Crippen LogP contribution >= 0.6 is 11.6 Å². The third-order valence-electron chi connectivity index (χ3n) is 6.28. The molecule has 3 aromatic carbocycles. The van der Waals surface area contributed by atoms with Crippen LogP contribution in [0.5, 0.6) is 0 Å². The molecule has 40 heavy (non-hydrogen) atoms. The van der Waals surface area contributed by atoms with E-state index in [0.29, 0.717) is 30.7 Å². The van der Waals surface area contributed by atoms with Gasteiger partial charge in [-0.25, -0.2) is 22.5 Å². The van der Waals surface area contributed by atoms with E-state index in [1.807, 2.05) is 0 Å². The summed E-state index contributed by atoms with van der Waals surface area (Å²) in [6.07, 6.45) is -3.91. The highest BCUT2D eigenvalue weighted by atomic mass is 35.5. The van der Waals surface area contributed by atoms with Gasteiger partial charge in [0.05, 0.1) is 16.7 Å². The SMILES string of the molecule is CC(F)(F)c1ccc(C(=O)NC(Cc2ccccc2)(c2ccc(Cl)nc2)c2cc(F)cc(C(F)(F)F)c2)cc1F. The highest BCUT2D eigenvalue weighted by Gasteiger charge is 2.40. The number of hydrogen-bond acceptors (Lipinski definition) is 2. The van der Waals surface area contributed by atoms with Gasteiger partial charge in [0.1, 0.15) is 16.8 Å². The first-order valence-electron chi connectivity index (χ1n) is 11.7. The molecule has 1 heterocycles. The lowest BCUT2D eigenvalue weighted by Gasteiger charge is -2.37. The van der Waals surface area contributed by atoms with Crippen LogP contribution in [-0.2, 0) is 24.1 Å². The van der Waals surface area contributed by atoms with E-state index in [0.717, 1.165) is 18.2 Å². The predicted molar refractivity (Wildman–Crippen MR) is 135 cm³/mol. The zero-order chi connectivity index (χ0) is 29.3. The summed E-state index contributed by atoms with van der Waals surface area (Å²) >= 11 is 5.94. The van der Waals surface area contributed by atoms with Gasteiger partial charge < -0.3 is 5.32 Å². The van der Waals surface area contributed by atoms with Gasteiger partial charge in [-0.05, 0) is 53.6 Å². The van der Waals surface area contributed by atoms with Crippen molar-refractivity contribution in [2.24, 2.45) is 0 Å². The van der Waals surface area contributed by atoms with E-state index in [1.165, 1.54) is 18.3 Å². The Kier molecular flexibility index (Phi) is 7.94. The van der Waals surface area contributed by atoms with Crippen molar-refractivity contribution in [3.63, 3.8) is 0 Å². The third kappa shape index (κ3) is 6.28. The van der Waals surface area contributed by atoms with Crippen molar-refractivity contribution in [1.29, 1.82) is 0 Å². The Bertz CT molecular complexity index is 1520. The van der Waals surface area contributed by atoms with Crippen LogP contribution in [0.25, 0.3) is 0 Å². The minimum atomic E-state index is -4.93. The molecule has 0 aliphatic rings. The molecule has 1 amide bonds. The first-order chi connectivity index (χ1) is 18.7. The molecule has 0 fully saturated rings. The quantitative estimate of drug-likeness (QED) is 0.177. The van der Waals surface area contributed by atoms with E-state index in [9.17, 15) is 35.5 Å². The number of halogens is 8. The Morgan fingerprint density at radius 2 is 1.52 bits per heavy atom. The number of benzene rings is 3. The predicted octanol–water partition coefficient (Wildman–Crippen LogP) is 8.06. The van der Waals surface area contributed by atoms with E-state index < -0.39 is 51.9 Å². The Hall–Kier alpha value is -3.92. The number of nitrogens with one attached hydrogen (secondary N) is 1. The van der Waals surface area contributed by atoms with Crippen molar-refractivity contribution in [3.8, 4) is 0 Å². The molecule has 208 valence electrons. The monoisotopic (exact) mass is 580 g/mol. The lowest BCUT2D eigenvalue weighted by atomic mass is 9.77. The minimum absolute atomic E-state index is 0.0389. The number of pyridine rings is 1. The number of alkyl halides is 5. The maximum Gasteiger partial charge on any atom is 0.416 e. The number of amides is 1. The van der Waals surface area contributed by atoms with Gasteiger partial charge in [0.2, 0.25) is 0 Å². The fourth-order valence-electron chi connectivity index (χ4n) is 4.37. The summed E-state index contributed by atoms with van der Waals surface area (Å²) in [5.74, 6) is -7.12. The van der Waals surface area contributed by atoms with Crippen LogP contribution in [0.3, 0.4) is 0 Å². The van der Waals surface area contributed by atoms with Crippen molar-refractivity contribution in [1.82, 2.24) is 10.3 Å². The zero-order valence-corrected chi connectivity index (χ0v) is 21.4. The molecule has 1 unspecified atom stereocenters. The Morgan fingerprint density at radius 3 is 2.10 bits per heavy atom. The van der Waals surface area contributed by atoms with Gasteiger partial charge in [-0.3, -0.25) is 4.79 Å². The molecule has 0 aliphatic carbocycles. The fraction of sp³-hybridized carbons (Fsp3) is 0.172. The second-order valence-electron chi connectivity index (χ2n) is 9.20. The number of hydrogen-bond donors (Lipinski definition) is 1. The highest BCUT2D eigenvalue weighted by molar-refractivity contribution is 6.29. The number of nitrogens with zero attached hydrogens (tertiary/aromatic N) is 1.